The maximum absolute atomic E-state index is 8.63. The van der Waals surface area contributed by atoms with E-state index >= 15 is 0 Å². The lowest BCUT2D eigenvalue weighted by atomic mass is 9.95. The predicted molar refractivity (Wildman–Crippen MR) is 48.9 cm³/mol. The first-order valence-electron chi connectivity index (χ1n) is 4.45. The van der Waals surface area contributed by atoms with Crippen molar-refractivity contribution in [1.82, 2.24) is 10.3 Å². The molecule has 0 radical (unpaired) electrons. The van der Waals surface area contributed by atoms with Crippen LogP contribution in [0, 0.1) is 11.3 Å². The zero-order valence-corrected chi connectivity index (χ0v) is 7.33. The van der Waals surface area contributed by atoms with E-state index in [4.69, 9.17) is 5.26 Å². The van der Waals surface area contributed by atoms with E-state index in [1.807, 2.05) is 18.5 Å². The van der Waals surface area contributed by atoms with Crippen molar-refractivity contribution in [1.29, 1.82) is 5.26 Å². The molecule has 0 fully saturated rings. The van der Waals surface area contributed by atoms with Gasteiger partial charge in [0.1, 0.15) is 0 Å². The maximum atomic E-state index is 8.63. The summed E-state index contributed by atoms with van der Waals surface area (Å²) < 4.78 is 0. The van der Waals surface area contributed by atoms with Crippen LogP contribution in [0.15, 0.2) is 18.5 Å². The topological polar surface area (TPSA) is 48.7 Å². The average Bonchev–Trinajstić information content (AvgIpc) is 2.19. The number of hydrogen-bond donors (Lipinski definition) is 1. The molecule has 2 heterocycles. The molecule has 1 N–H and O–H groups in total. The third-order valence-corrected chi connectivity index (χ3v) is 2.40. The first-order valence-corrected chi connectivity index (χ1v) is 4.45. The lowest BCUT2D eigenvalue weighted by Crippen LogP contribution is -2.29. The van der Waals surface area contributed by atoms with Crippen molar-refractivity contribution in [2.24, 2.45) is 0 Å². The normalized spacial score (nSPS) is 20.4. The van der Waals surface area contributed by atoms with Gasteiger partial charge in [0, 0.05) is 18.4 Å². The minimum atomic E-state index is 0.183. The zero-order chi connectivity index (χ0) is 9.10. The van der Waals surface area contributed by atoms with Crippen molar-refractivity contribution >= 4 is 0 Å². The molecule has 2 rings (SSSR count). The summed E-state index contributed by atoms with van der Waals surface area (Å²) in [4.78, 5) is 4.08. The third kappa shape index (κ3) is 1.53. The number of pyridine rings is 1. The van der Waals surface area contributed by atoms with E-state index in [9.17, 15) is 0 Å². The standard InChI is InChI=1S/C10H11N3/c11-4-1-10-9-7-12-5-2-8(9)3-6-13-10/h2,5,7,10,13H,1,3,6H2. The Kier molecular flexibility index (Phi) is 2.24. The Morgan fingerprint density at radius 2 is 2.62 bits per heavy atom. The van der Waals surface area contributed by atoms with Gasteiger partial charge in [0.05, 0.1) is 12.5 Å². The highest BCUT2D eigenvalue weighted by Gasteiger charge is 2.18. The van der Waals surface area contributed by atoms with E-state index in [2.05, 4.69) is 16.4 Å². The molecule has 0 aliphatic carbocycles. The van der Waals surface area contributed by atoms with Crippen LogP contribution in [0.1, 0.15) is 23.6 Å². The Morgan fingerprint density at radius 1 is 1.69 bits per heavy atom. The molecule has 3 nitrogen and oxygen atoms in total. The van der Waals surface area contributed by atoms with E-state index in [0.717, 1.165) is 13.0 Å². The molecular formula is C10H11N3. The summed E-state index contributed by atoms with van der Waals surface area (Å²) in [5.74, 6) is 0. The number of nitrogens with zero attached hydrogens (tertiary/aromatic N) is 2. The molecule has 0 spiro atoms. The quantitative estimate of drug-likeness (QED) is 0.693. The van der Waals surface area contributed by atoms with Crippen LogP contribution in [0.25, 0.3) is 0 Å². The van der Waals surface area contributed by atoms with E-state index in [1.54, 1.807) is 0 Å². The molecule has 0 bridgehead atoms. The molecule has 3 heteroatoms. The van der Waals surface area contributed by atoms with Crippen LogP contribution in [0.3, 0.4) is 0 Å². The molecule has 66 valence electrons. The van der Waals surface area contributed by atoms with Gasteiger partial charge in [-0.2, -0.15) is 5.26 Å². The van der Waals surface area contributed by atoms with Gasteiger partial charge in [-0.05, 0) is 30.2 Å². The van der Waals surface area contributed by atoms with Gasteiger partial charge in [-0.25, -0.2) is 0 Å². The molecule has 1 aromatic rings. The van der Waals surface area contributed by atoms with Crippen molar-refractivity contribution in [2.75, 3.05) is 6.54 Å². The Labute approximate surface area is 77.4 Å². The summed E-state index contributed by atoms with van der Waals surface area (Å²) in [5.41, 5.74) is 2.52. The highest BCUT2D eigenvalue weighted by molar-refractivity contribution is 5.29. The molecule has 0 saturated carbocycles. The second-order valence-corrected chi connectivity index (χ2v) is 3.19. The van der Waals surface area contributed by atoms with Crippen molar-refractivity contribution in [3.05, 3.63) is 29.6 Å². The van der Waals surface area contributed by atoms with E-state index in [-0.39, 0.29) is 6.04 Å². The second kappa shape index (κ2) is 3.55. The SMILES string of the molecule is N#CCC1NCCc2ccncc21. The van der Waals surface area contributed by atoms with Gasteiger partial charge in [-0.1, -0.05) is 0 Å². The van der Waals surface area contributed by atoms with E-state index in [1.165, 1.54) is 11.1 Å². The van der Waals surface area contributed by atoms with Gasteiger partial charge < -0.3 is 5.32 Å². The Hall–Kier alpha value is -1.40. The highest BCUT2D eigenvalue weighted by atomic mass is 14.9. The van der Waals surface area contributed by atoms with Gasteiger partial charge in [0.15, 0.2) is 0 Å². The molecule has 1 aliphatic heterocycles. The average molecular weight is 173 g/mol. The van der Waals surface area contributed by atoms with Gasteiger partial charge in [0.25, 0.3) is 0 Å². The van der Waals surface area contributed by atoms with Gasteiger partial charge in [-0.3, -0.25) is 4.98 Å². The van der Waals surface area contributed by atoms with Gasteiger partial charge in [0.2, 0.25) is 0 Å². The number of rotatable bonds is 1. The summed E-state index contributed by atoms with van der Waals surface area (Å²) in [6.45, 7) is 0.962. The van der Waals surface area contributed by atoms with Crippen molar-refractivity contribution in [2.45, 2.75) is 18.9 Å². The molecular weight excluding hydrogens is 162 g/mol. The number of nitrogens with one attached hydrogen (secondary N) is 1. The molecule has 1 aliphatic rings. The monoisotopic (exact) mass is 173 g/mol. The summed E-state index contributed by atoms with van der Waals surface area (Å²) in [6, 6.07) is 4.41. The smallest absolute Gasteiger partial charge is 0.0641 e. The van der Waals surface area contributed by atoms with E-state index in [0.29, 0.717) is 6.42 Å². The van der Waals surface area contributed by atoms with Crippen LogP contribution < -0.4 is 5.32 Å². The van der Waals surface area contributed by atoms with E-state index < -0.39 is 0 Å². The fourth-order valence-corrected chi connectivity index (χ4v) is 1.74. The first kappa shape index (κ1) is 8.21. The lowest BCUT2D eigenvalue weighted by molar-refractivity contribution is 0.511. The van der Waals surface area contributed by atoms with Crippen LogP contribution in [-0.4, -0.2) is 11.5 Å². The molecule has 1 unspecified atom stereocenters. The van der Waals surface area contributed by atoms with Crippen LogP contribution in [0.2, 0.25) is 0 Å². The molecule has 0 aromatic carbocycles. The Balaban J connectivity index is 2.32. The van der Waals surface area contributed by atoms with Gasteiger partial charge >= 0.3 is 0 Å². The number of fused-ring (bicyclic) bond motifs is 1. The third-order valence-electron chi connectivity index (χ3n) is 2.40. The molecule has 0 amide bonds. The van der Waals surface area contributed by atoms with Gasteiger partial charge in [-0.15, -0.1) is 0 Å². The Morgan fingerprint density at radius 3 is 3.46 bits per heavy atom. The highest BCUT2D eigenvalue weighted by Crippen LogP contribution is 2.23. The molecule has 1 aromatic heterocycles. The fourth-order valence-electron chi connectivity index (χ4n) is 1.74. The van der Waals surface area contributed by atoms with Crippen LogP contribution in [0.5, 0.6) is 0 Å². The summed E-state index contributed by atoms with van der Waals surface area (Å²) in [5, 5.41) is 11.9. The van der Waals surface area contributed by atoms with Crippen LogP contribution in [-0.2, 0) is 6.42 Å². The molecule has 13 heavy (non-hydrogen) atoms. The van der Waals surface area contributed by atoms with Crippen molar-refractivity contribution in [3.8, 4) is 6.07 Å². The number of hydrogen-bond acceptors (Lipinski definition) is 3. The van der Waals surface area contributed by atoms with Crippen molar-refractivity contribution in [3.63, 3.8) is 0 Å². The second-order valence-electron chi connectivity index (χ2n) is 3.19. The largest absolute Gasteiger partial charge is 0.309 e. The summed E-state index contributed by atoms with van der Waals surface area (Å²) >= 11 is 0. The maximum Gasteiger partial charge on any atom is 0.0641 e. The lowest BCUT2D eigenvalue weighted by Gasteiger charge is -2.24. The van der Waals surface area contributed by atoms with Crippen molar-refractivity contribution < 1.29 is 0 Å². The minimum absolute atomic E-state index is 0.183. The Bertz CT molecular complexity index is 340. The van der Waals surface area contributed by atoms with Crippen LogP contribution >= 0.6 is 0 Å². The fraction of sp³-hybridized carbons (Fsp3) is 0.400. The first-order chi connectivity index (χ1) is 6.42. The zero-order valence-electron chi connectivity index (χ0n) is 7.33. The minimum Gasteiger partial charge on any atom is -0.309 e. The predicted octanol–water partition coefficient (Wildman–Crippen LogP) is 1.18. The summed E-state index contributed by atoms with van der Waals surface area (Å²) in [6.07, 6.45) is 5.25. The molecule has 0 saturated heterocycles. The number of nitriles is 1. The molecule has 1 atom stereocenters. The summed E-state index contributed by atoms with van der Waals surface area (Å²) in [7, 11) is 0. The number of aromatic nitrogens is 1. The van der Waals surface area contributed by atoms with Crippen LogP contribution in [0.4, 0.5) is 0 Å².